The fraction of sp³-hybridized carbons (Fsp3) is 0.179. The highest BCUT2D eigenvalue weighted by atomic mass is 35.5. The number of methoxy groups -OCH3 is 1. The number of benzene rings is 3. The molecule has 1 heterocycles. The number of aryl methyl sites for hydroxylation is 1. The number of thioether (sulfide) groups is 1. The molecular formula is C28H25ClN2O5S. The van der Waals surface area contributed by atoms with Gasteiger partial charge < -0.3 is 14.8 Å². The maximum atomic E-state index is 13.1. The van der Waals surface area contributed by atoms with Gasteiger partial charge >= 0.3 is 0 Å². The Morgan fingerprint density at radius 3 is 2.51 bits per heavy atom. The Labute approximate surface area is 224 Å². The Hall–Kier alpha value is -3.75. The molecule has 3 aromatic carbocycles. The van der Waals surface area contributed by atoms with Crippen LogP contribution in [0.15, 0.2) is 65.6 Å². The lowest BCUT2D eigenvalue weighted by Gasteiger charge is -2.15. The first kappa shape index (κ1) is 26.3. The molecule has 0 bridgehead atoms. The number of hydrogen-bond donors (Lipinski definition) is 1. The van der Waals surface area contributed by atoms with Gasteiger partial charge in [-0.1, -0.05) is 48.0 Å². The summed E-state index contributed by atoms with van der Waals surface area (Å²) in [5.74, 6) is -0.0857. The van der Waals surface area contributed by atoms with Gasteiger partial charge in [-0.25, -0.2) is 0 Å². The number of nitrogens with zero attached hydrogens (tertiary/aromatic N) is 1. The number of rotatable bonds is 8. The molecule has 1 fully saturated rings. The third kappa shape index (κ3) is 6.15. The molecule has 4 rings (SSSR count). The molecule has 3 amide bonds. The van der Waals surface area contributed by atoms with Crippen molar-refractivity contribution in [3.8, 4) is 11.5 Å². The predicted octanol–water partition coefficient (Wildman–Crippen LogP) is 6.22. The number of imide groups is 1. The fourth-order valence-corrected chi connectivity index (χ4v) is 4.65. The van der Waals surface area contributed by atoms with Crippen LogP contribution in [-0.4, -0.2) is 35.6 Å². The lowest BCUT2D eigenvalue weighted by molar-refractivity contribution is -0.127. The zero-order chi connectivity index (χ0) is 26.5. The maximum Gasteiger partial charge on any atom is 0.294 e. The third-order valence-electron chi connectivity index (χ3n) is 5.87. The largest absolute Gasteiger partial charge is 0.493 e. The highest BCUT2D eigenvalue weighted by Gasteiger charge is 2.36. The molecule has 0 unspecified atom stereocenters. The van der Waals surface area contributed by atoms with Crippen molar-refractivity contribution in [3.05, 3.63) is 92.8 Å². The molecule has 0 saturated carbocycles. The zero-order valence-corrected chi connectivity index (χ0v) is 22.1. The number of amides is 3. The van der Waals surface area contributed by atoms with E-state index in [1.807, 2.05) is 38.1 Å². The van der Waals surface area contributed by atoms with E-state index in [1.165, 1.54) is 7.11 Å². The number of para-hydroxylation sites is 1. The molecular weight excluding hydrogens is 512 g/mol. The molecule has 190 valence electrons. The van der Waals surface area contributed by atoms with Crippen LogP contribution >= 0.6 is 23.4 Å². The van der Waals surface area contributed by atoms with E-state index in [0.29, 0.717) is 27.8 Å². The molecule has 37 heavy (non-hydrogen) atoms. The van der Waals surface area contributed by atoms with Crippen LogP contribution < -0.4 is 14.8 Å². The first-order valence-electron chi connectivity index (χ1n) is 11.4. The molecule has 1 saturated heterocycles. The first-order chi connectivity index (χ1) is 17.8. The van der Waals surface area contributed by atoms with Gasteiger partial charge in [0, 0.05) is 16.3 Å². The van der Waals surface area contributed by atoms with Crippen LogP contribution in [0.4, 0.5) is 10.5 Å². The molecule has 1 N–H and O–H groups in total. The van der Waals surface area contributed by atoms with Gasteiger partial charge in [-0.15, -0.1) is 0 Å². The maximum absolute atomic E-state index is 13.1. The van der Waals surface area contributed by atoms with E-state index >= 15 is 0 Å². The molecule has 0 aliphatic carbocycles. The van der Waals surface area contributed by atoms with Crippen LogP contribution in [0.25, 0.3) is 6.08 Å². The standard InChI is InChI=1S/C28H25ClN2O5S/c1-17-6-4-8-22(18(17)2)30-25(32)15-31-27(33)24(37-28(31)34)14-20-7-5-9-23(35-3)26(20)36-16-19-10-12-21(29)13-11-19/h4-14H,15-16H2,1-3H3,(H,30,32)/b24-14+. The number of halogens is 1. The quantitative estimate of drug-likeness (QED) is 0.344. The molecule has 1 aliphatic rings. The first-order valence-corrected chi connectivity index (χ1v) is 12.6. The minimum atomic E-state index is -0.544. The summed E-state index contributed by atoms with van der Waals surface area (Å²) >= 11 is 6.74. The molecule has 0 aromatic heterocycles. The Balaban J connectivity index is 1.51. The fourth-order valence-electron chi connectivity index (χ4n) is 3.70. The summed E-state index contributed by atoms with van der Waals surface area (Å²) in [6.45, 7) is 3.71. The Bertz CT molecular complexity index is 1390. The average Bonchev–Trinajstić information content (AvgIpc) is 3.14. The topological polar surface area (TPSA) is 84.9 Å². The van der Waals surface area contributed by atoms with E-state index in [-0.39, 0.29) is 18.1 Å². The normalized spacial score (nSPS) is 14.3. The Morgan fingerprint density at radius 2 is 1.78 bits per heavy atom. The molecule has 0 radical (unpaired) electrons. The van der Waals surface area contributed by atoms with Crippen molar-refractivity contribution in [2.75, 3.05) is 19.0 Å². The monoisotopic (exact) mass is 536 g/mol. The van der Waals surface area contributed by atoms with Gasteiger partial charge in [0.25, 0.3) is 11.1 Å². The lowest BCUT2D eigenvalue weighted by Crippen LogP contribution is -2.36. The number of ether oxygens (including phenoxy) is 2. The van der Waals surface area contributed by atoms with E-state index in [1.54, 1.807) is 42.5 Å². The Morgan fingerprint density at radius 1 is 1.05 bits per heavy atom. The summed E-state index contributed by atoms with van der Waals surface area (Å²) in [5.41, 5.74) is 4.06. The molecule has 7 nitrogen and oxygen atoms in total. The lowest BCUT2D eigenvalue weighted by atomic mass is 10.1. The second-order valence-electron chi connectivity index (χ2n) is 8.36. The van der Waals surface area contributed by atoms with Crippen LogP contribution in [0.1, 0.15) is 22.3 Å². The summed E-state index contributed by atoms with van der Waals surface area (Å²) in [5, 5.41) is 2.90. The summed E-state index contributed by atoms with van der Waals surface area (Å²) in [4.78, 5) is 39.4. The van der Waals surface area contributed by atoms with E-state index < -0.39 is 17.1 Å². The SMILES string of the molecule is COc1cccc(/C=C2/SC(=O)N(CC(=O)Nc3cccc(C)c3C)C2=O)c1OCc1ccc(Cl)cc1. The van der Waals surface area contributed by atoms with Crippen molar-refractivity contribution < 1.29 is 23.9 Å². The van der Waals surface area contributed by atoms with Crippen molar-refractivity contribution in [3.63, 3.8) is 0 Å². The number of carbonyl (C=O) groups is 3. The summed E-state index contributed by atoms with van der Waals surface area (Å²) < 4.78 is 11.5. The van der Waals surface area contributed by atoms with Gasteiger partial charge in [0.15, 0.2) is 11.5 Å². The van der Waals surface area contributed by atoms with Gasteiger partial charge in [-0.05, 0) is 72.6 Å². The summed E-state index contributed by atoms with van der Waals surface area (Å²) in [6.07, 6.45) is 1.58. The van der Waals surface area contributed by atoms with Crippen molar-refractivity contribution in [2.24, 2.45) is 0 Å². The van der Waals surface area contributed by atoms with Crippen LogP contribution in [0.5, 0.6) is 11.5 Å². The zero-order valence-electron chi connectivity index (χ0n) is 20.5. The van der Waals surface area contributed by atoms with Crippen LogP contribution in [0, 0.1) is 13.8 Å². The van der Waals surface area contributed by atoms with Crippen molar-refractivity contribution in [1.29, 1.82) is 0 Å². The molecule has 0 spiro atoms. The molecule has 0 atom stereocenters. The summed E-state index contributed by atoms with van der Waals surface area (Å²) in [6, 6.07) is 18.1. The number of anilines is 1. The van der Waals surface area contributed by atoms with Crippen molar-refractivity contribution in [2.45, 2.75) is 20.5 Å². The smallest absolute Gasteiger partial charge is 0.294 e. The highest BCUT2D eigenvalue weighted by Crippen LogP contribution is 2.37. The highest BCUT2D eigenvalue weighted by molar-refractivity contribution is 8.18. The second-order valence-corrected chi connectivity index (χ2v) is 9.79. The minimum absolute atomic E-state index is 0.189. The van der Waals surface area contributed by atoms with Crippen molar-refractivity contribution in [1.82, 2.24) is 4.90 Å². The minimum Gasteiger partial charge on any atom is -0.493 e. The number of nitrogens with one attached hydrogen (secondary N) is 1. The number of hydrogen-bond acceptors (Lipinski definition) is 6. The van der Waals surface area contributed by atoms with Crippen LogP contribution in [0.2, 0.25) is 5.02 Å². The van der Waals surface area contributed by atoms with E-state index in [4.69, 9.17) is 21.1 Å². The van der Waals surface area contributed by atoms with Gasteiger partial charge in [0.05, 0.1) is 12.0 Å². The van der Waals surface area contributed by atoms with Gasteiger partial charge in [0.2, 0.25) is 5.91 Å². The average molecular weight is 537 g/mol. The number of carbonyl (C=O) groups excluding carboxylic acids is 3. The van der Waals surface area contributed by atoms with E-state index in [9.17, 15) is 14.4 Å². The second kappa shape index (κ2) is 11.5. The van der Waals surface area contributed by atoms with Gasteiger partial charge in [-0.2, -0.15) is 0 Å². The predicted molar refractivity (Wildman–Crippen MR) is 146 cm³/mol. The van der Waals surface area contributed by atoms with Crippen LogP contribution in [0.3, 0.4) is 0 Å². The van der Waals surface area contributed by atoms with E-state index in [0.717, 1.165) is 33.4 Å². The third-order valence-corrected chi connectivity index (χ3v) is 7.03. The van der Waals surface area contributed by atoms with Gasteiger partial charge in [-0.3, -0.25) is 19.3 Å². The molecule has 1 aliphatic heterocycles. The van der Waals surface area contributed by atoms with Crippen molar-refractivity contribution >= 4 is 52.2 Å². The van der Waals surface area contributed by atoms with Crippen LogP contribution in [-0.2, 0) is 16.2 Å². The molecule has 3 aromatic rings. The Kier molecular flexibility index (Phi) is 8.21. The van der Waals surface area contributed by atoms with E-state index in [2.05, 4.69) is 5.32 Å². The molecule has 9 heteroatoms. The van der Waals surface area contributed by atoms with Gasteiger partial charge in [0.1, 0.15) is 13.2 Å². The summed E-state index contributed by atoms with van der Waals surface area (Å²) in [7, 11) is 1.52.